The quantitative estimate of drug-likeness (QED) is 0.708. The molecule has 1 saturated heterocycles. The van der Waals surface area contributed by atoms with Crippen molar-refractivity contribution in [3.63, 3.8) is 0 Å². The Labute approximate surface area is 186 Å². The first-order valence-corrected chi connectivity index (χ1v) is 11.3. The number of carbonyl (C=O) groups excluding carboxylic acids is 2. The predicted octanol–water partition coefficient (Wildman–Crippen LogP) is 5.08. The number of amides is 2. The van der Waals surface area contributed by atoms with Crippen molar-refractivity contribution in [2.45, 2.75) is 52.4 Å². The van der Waals surface area contributed by atoms with E-state index in [1.54, 1.807) is 0 Å². The molecule has 1 aliphatic heterocycles. The number of anilines is 2. The number of benzene rings is 2. The zero-order valence-corrected chi connectivity index (χ0v) is 19.3. The van der Waals surface area contributed by atoms with E-state index in [1.165, 1.54) is 5.56 Å². The highest BCUT2D eigenvalue weighted by Gasteiger charge is 2.23. The summed E-state index contributed by atoms with van der Waals surface area (Å²) < 4.78 is 0. The molecular weight excluding hydrogens is 386 g/mol. The van der Waals surface area contributed by atoms with Gasteiger partial charge in [0, 0.05) is 49.5 Å². The lowest BCUT2D eigenvalue weighted by atomic mass is 9.86. The maximum atomic E-state index is 12.9. The smallest absolute Gasteiger partial charge is 0.253 e. The second-order valence-corrected chi connectivity index (χ2v) is 9.31. The van der Waals surface area contributed by atoms with Gasteiger partial charge < -0.3 is 15.1 Å². The minimum Gasteiger partial charge on any atom is -0.368 e. The monoisotopic (exact) mass is 421 g/mol. The first-order chi connectivity index (χ1) is 14.8. The molecule has 0 aromatic heterocycles. The van der Waals surface area contributed by atoms with Crippen LogP contribution in [0.5, 0.6) is 0 Å². The summed E-state index contributed by atoms with van der Waals surface area (Å²) in [5.41, 5.74) is 4.02. The Kier molecular flexibility index (Phi) is 7.37. The van der Waals surface area contributed by atoms with E-state index in [2.05, 4.69) is 50.0 Å². The van der Waals surface area contributed by atoms with Crippen molar-refractivity contribution in [3.8, 4) is 0 Å². The molecule has 1 aliphatic rings. The molecule has 5 nitrogen and oxygen atoms in total. The number of hydrogen-bond acceptors (Lipinski definition) is 3. The van der Waals surface area contributed by atoms with Crippen LogP contribution in [0.1, 0.15) is 62.9 Å². The van der Waals surface area contributed by atoms with Gasteiger partial charge in [-0.15, -0.1) is 0 Å². The Balaban J connectivity index is 1.53. The highest BCUT2D eigenvalue weighted by atomic mass is 16.2. The Morgan fingerprint density at radius 3 is 2.06 bits per heavy atom. The number of hydrogen-bond donors (Lipinski definition) is 1. The Morgan fingerprint density at radius 1 is 0.903 bits per heavy atom. The van der Waals surface area contributed by atoms with Crippen LogP contribution < -0.4 is 10.2 Å². The Morgan fingerprint density at radius 2 is 1.52 bits per heavy atom. The number of piperazine rings is 1. The summed E-state index contributed by atoms with van der Waals surface area (Å²) in [4.78, 5) is 29.0. The summed E-state index contributed by atoms with van der Waals surface area (Å²) in [5, 5.41) is 2.95. The van der Waals surface area contributed by atoms with E-state index in [-0.39, 0.29) is 17.2 Å². The van der Waals surface area contributed by atoms with Crippen molar-refractivity contribution in [2.75, 3.05) is 36.4 Å². The van der Waals surface area contributed by atoms with E-state index in [4.69, 9.17) is 0 Å². The van der Waals surface area contributed by atoms with Crippen LogP contribution in [0.25, 0.3) is 0 Å². The predicted molar refractivity (Wildman–Crippen MR) is 128 cm³/mol. The van der Waals surface area contributed by atoms with E-state index < -0.39 is 0 Å². The lowest BCUT2D eigenvalue weighted by molar-refractivity contribution is -0.116. The third-order valence-corrected chi connectivity index (χ3v) is 5.84. The fraction of sp³-hybridized carbons (Fsp3) is 0.462. The Hall–Kier alpha value is -2.82. The zero-order chi connectivity index (χ0) is 22.4. The molecule has 1 N–H and O–H groups in total. The molecule has 5 heteroatoms. The molecule has 3 rings (SSSR count). The fourth-order valence-electron chi connectivity index (χ4n) is 3.78. The summed E-state index contributed by atoms with van der Waals surface area (Å²) >= 11 is 0. The second kappa shape index (κ2) is 9.99. The molecule has 2 aromatic carbocycles. The van der Waals surface area contributed by atoms with Gasteiger partial charge in [-0.25, -0.2) is 0 Å². The minimum absolute atomic E-state index is 0.0669. The van der Waals surface area contributed by atoms with Crippen molar-refractivity contribution >= 4 is 23.2 Å². The standard InChI is InChI=1S/C26H35N3O2/c1-5-6-7-24(30)27-22-12-14-23(15-13-22)28-16-18-29(19-17-28)25(31)20-8-10-21(11-9-20)26(2,3)4/h8-15H,5-7,16-19H2,1-4H3,(H,27,30). The SMILES string of the molecule is CCCCC(=O)Nc1ccc(N2CCN(C(=O)c3ccc(C(C)(C)C)cc3)CC2)cc1. The van der Waals surface area contributed by atoms with Crippen LogP contribution in [-0.4, -0.2) is 42.9 Å². The summed E-state index contributed by atoms with van der Waals surface area (Å²) in [5.74, 6) is 0.169. The molecule has 0 aliphatic carbocycles. The van der Waals surface area contributed by atoms with Gasteiger partial charge in [0.1, 0.15) is 0 Å². The molecule has 1 heterocycles. The van der Waals surface area contributed by atoms with Crippen LogP contribution in [0, 0.1) is 0 Å². The summed E-state index contributed by atoms with van der Waals surface area (Å²) in [6, 6.07) is 16.0. The van der Waals surface area contributed by atoms with Crippen molar-refractivity contribution in [1.82, 2.24) is 4.90 Å². The molecule has 166 valence electrons. The third-order valence-electron chi connectivity index (χ3n) is 5.84. The van der Waals surface area contributed by atoms with Crippen LogP contribution in [0.15, 0.2) is 48.5 Å². The summed E-state index contributed by atoms with van der Waals surface area (Å²) in [7, 11) is 0. The molecule has 0 unspecified atom stereocenters. The molecule has 0 spiro atoms. The lowest BCUT2D eigenvalue weighted by Gasteiger charge is -2.36. The molecule has 2 aromatic rings. The topological polar surface area (TPSA) is 52.7 Å². The average Bonchev–Trinajstić information content (AvgIpc) is 2.77. The molecule has 0 atom stereocenters. The van der Waals surface area contributed by atoms with E-state index in [1.807, 2.05) is 41.3 Å². The van der Waals surface area contributed by atoms with Gasteiger partial charge in [-0.1, -0.05) is 46.2 Å². The van der Waals surface area contributed by atoms with Crippen LogP contribution in [0.2, 0.25) is 0 Å². The summed E-state index contributed by atoms with van der Waals surface area (Å²) in [6.07, 6.45) is 2.49. The van der Waals surface area contributed by atoms with E-state index >= 15 is 0 Å². The maximum Gasteiger partial charge on any atom is 0.253 e. The number of nitrogens with zero attached hydrogens (tertiary/aromatic N) is 2. The molecule has 0 saturated carbocycles. The van der Waals surface area contributed by atoms with Gasteiger partial charge in [0.2, 0.25) is 5.91 Å². The molecule has 31 heavy (non-hydrogen) atoms. The number of carbonyl (C=O) groups is 2. The van der Waals surface area contributed by atoms with Gasteiger partial charge in [-0.3, -0.25) is 9.59 Å². The number of rotatable bonds is 6. The van der Waals surface area contributed by atoms with E-state index in [9.17, 15) is 9.59 Å². The fourth-order valence-corrected chi connectivity index (χ4v) is 3.78. The molecule has 1 fully saturated rings. The molecule has 0 radical (unpaired) electrons. The van der Waals surface area contributed by atoms with Crippen LogP contribution in [-0.2, 0) is 10.2 Å². The molecule has 0 bridgehead atoms. The van der Waals surface area contributed by atoms with Crippen molar-refractivity contribution in [2.24, 2.45) is 0 Å². The highest BCUT2D eigenvalue weighted by Crippen LogP contribution is 2.23. The largest absolute Gasteiger partial charge is 0.368 e. The highest BCUT2D eigenvalue weighted by molar-refractivity contribution is 5.94. The van der Waals surface area contributed by atoms with Crippen molar-refractivity contribution in [1.29, 1.82) is 0 Å². The first-order valence-electron chi connectivity index (χ1n) is 11.3. The summed E-state index contributed by atoms with van der Waals surface area (Å²) in [6.45, 7) is 11.6. The van der Waals surface area contributed by atoms with Gasteiger partial charge >= 0.3 is 0 Å². The number of nitrogens with one attached hydrogen (secondary N) is 1. The normalized spacial score (nSPS) is 14.5. The zero-order valence-electron chi connectivity index (χ0n) is 19.3. The van der Waals surface area contributed by atoms with Gasteiger partial charge in [0.15, 0.2) is 0 Å². The minimum atomic E-state index is 0.0669. The second-order valence-electron chi connectivity index (χ2n) is 9.31. The van der Waals surface area contributed by atoms with Gasteiger partial charge in [0.05, 0.1) is 0 Å². The number of unbranched alkanes of at least 4 members (excludes halogenated alkanes) is 1. The van der Waals surface area contributed by atoms with Crippen LogP contribution in [0.3, 0.4) is 0 Å². The van der Waals surface area contributed by atoms with Crippen molar-refractivity contribution in [3.05, 3.63) is 59.7 Å². The lowest BCUT2D eigenvalue weighted by Crippen LogP contribution is -2.48. The molecular formula is C26H35N3O2. The molecule has 2 amide bonds. The van der Waals surface area contributed by atoms with Gasteiger partial charge in [0.25, 0.3) is 5.91 Å². The third kappa shape index (κ3) is 6.09. The van der Waals surface area contributed by atoms with E-state index in [0.29, 0.717) is 19.5 Å². The van der Waals surface area contributed by atoms with Crippen LogP contribution >= 0.6 is 0 Å². The van der Waals surface area contributed by atoms with E-state index in [0.717, 1.165) is 42.9 Å². The Bertz CT molecular complexity index is 874. The average molecular weight is 422 g/mol. The van der Waals surface area contributed by atoms with Crippen molar-refractivity contribution < 1.29 is 9.59 Å². The van der Waals surface area contributed by atoms with Crippen LogP contribution in [0.4, 0.5) is 11.4 Å². The first kappa shape index (κ1) is 22.9. The van der Waals surface area contributed by atoms with Gasteiger partial charge in [-0.05, 0) is 53.8 Å². The van der Waals surface area contributed by atoms with Gasteiger partial charge in [-0.2, -0.15) is 0 Å². The maximum absolute atomic E-state index is 12.9.